The Kier molecular flexibility index (Phi) is 3.30. The lowest BCUT2D eigenvalue weighted by Crippen LogP contribution is -2.45. The zero-order valence-corrected chi connectivity index (χ0v) is 12.9. The maximum absolute atomic E-state index is 12.4. The van der Waals surface area contributed by atoms with Crippen LogP contribution in [0.15, 0.2) is 23.3 Å². The molecule has 1 aromatic rings. The molecule has 106 valence electrons. The van der Waals surface area contributed by atoms with Gasteiger partial charge in [-0.15, -0.1) is 0 Å². The van der Waals surface area contributed by atoms with Crippen molar-refractivity contribution in [3.8, 4) is 0 Å². The van der Waals surface area contributed by atoms with Gasteiger partial charge in [0.2, 0.25) is 0 Å². The maximum atomic E-state index is 12.4. The molecule has 0 bridgehead atoms. The molecule has 2 aliphatic rings. The predicted octanol–water partition coefficient (Wildman–Crippen LogP) is 3.67. The molecule has 1 aliphatic carbocycles. The van der Waals surface area contributed by atoms with Crippen molar-refractivity contribution in [3.63, 3.8) is 0 Å². The summed E-state index contributed by atoms with van der Waals surface area (Å²) in [4.78, 5) is 12.4. The Balaban J connectivity index is 1.93. The second-order valence-electron chi connectivity index (χ2n) is 6.35. The monoisotopic (exact) mass is 310 g/mol. The first kappa shape index (κ1) is 13.9. The molecule has 0 radical (unpaired) electrons. The second kappa shape index (κ2) is 4.74. The summed E-state index contributed by atoms with van der Waals surface area (Å²) in [6.45, 7) is 4.25. The van der Waals surface area contributed by atoms with Gasteiger partial charge in [-0.2, -0.15) is 5.10 Å². The highest BCUT2D eigenvalue weighted by Crippen LogP contribution is 2.40. The molecule has 0 amide bonds. The van der Waals surface area contributed by atoms with Crippen molar-refractivity contribution in [2.24, 2.45) is 16.4 Å². The van der Waals surface area contributed by atoms with Crippen LogP contribution in [0.5, 0.6) is 0 Å². The van der Waals surface area contributed by atoms with E-state index in [0.29, 0.717) is 16.5 Å². The summed E-state index contributed by atoms with van der Waals surface area (Å²) >= 11 is 12.0. The SMILES string of the molecule is CC1(C)CC(=O)C2C(c3ccc(Cl)c(Cl)c3)=NNC2C1. The highest BCUT2D eigenvalue weighted by molar-refractivity contribution is 6.42. The topological polar surface area (TPSA) is 41.5 Å². The summed E-state index contributed by atoms with van der Waals surface area (Å²) in [5.41, 5.74) is 4.81. The number of nitrogens with zero attached hydrogens (tertiary/aromatic N) is 1. The number of hydrazone groups is 1. The maximum Gasteiger partial charge on any atom is 0.144 e. The van der Waals surface area contributed by atoms with Crippen LogP contribution in [0.1, 0.15) is 32.3 Å². The highest BCUT2D eigenvalue weighted by Gasteiger charge is 2.46. The third-order valence-corrected chi connectivity index (χ3v) is 4.77. The fourth-order valence-corrected chi connectivity index (χ4v) is 3.47. The Hall–Kier alpha value is -1.06. The van der Waals surface area contributed by atoms with Crippen molar-refractivity contribution in [2.45, 2.75) is 32.7 Å². The normalized spacial score (nSPS) is 27.8. The number of halogens is 2. The van der Waals surface area contributed by atoms with Crippen LogP contribution >= 0.6 is 23.2 Å². The average Bonchev–Trinajstić information content (AvgIpc) is 2.75. The van der Waals surface area contributed by atoms with Crippen LogP contribution in [0, 0.1) is 11.3 Å². The van der Waals surface area contributed by atoms with Gasteiger partial charge in [-0.1, -0.05) is 43.1 Å². The quantitative estimate of drug-likeness (QED) is 0.859. The molecule has 1 saturated carbocycles. The van der Waals surface area contributed by atoms with Crippen LogP contribution in [-0.4, -0.2) is 17.5 Å². The number of Topliss-reactive ketones (excluding diaryl/α,β-unsaturated/α-hetero) is 1. The Labute approximate surface area is 128 Å². The number of ketones is 1. The predicted molar refractivity (Wildman–Crippen MR) is 81.4 cm³/mol. The van der Waals surface area contributed by atoms with Gasteiger partial charge in [-0.05, 0) is 24.0 Å². The van der Waals surface area contributed by atoms with E-state index in [1.54, 1.807) is 12.1 Å². The Morgan fingerprint density at radius 3 is 2.75 bits per heavy atom. The third kappa shape index (κ3) is 2.33. The van der Waals surface area contributed by atoms with Gasteiger partial charge in [0.05, 0.1) is 27.7 Å². The van der Waals surface area contributed by atoms with Gasteiger partial charge in [-0.25, -0.2) is 0 Å². The van der Waals surface area contributed by atoms with Gasteiger partial charge in [0.15, 0.2) is 0 Å². The van der Waals surface area contributed by atoms with Gasteiger partial charge in [0, 0.05) is 12.0 Å². The van der Waals surface area contributed by atoms with Crippen molar-refractivity contribution in [3.05, 3.63) is 33.8 Å². The molecule has 5 heteroatoms. The minimum Gasteiger partial charge on any atom is -0.306 e. The molecule has 0 aromatic heterocycles. The standard InChI is InChI=1S/C15H16Cl2N2O/c1-15(2)6-11-13(12(20)7-15)14(19-18-11)8-3-4-9(16)10(17)5-8/h3-5,11,13,18H,6-7H2,1-2H3. The van der Waals surface area contributed by atoms with E-state index in [1.807, 2.05) is 6.07 Å². The Morgan fingerprint density at radius 2 is 2.05 bits per heavy atom. The van der Waals surface area contributed by atoms with E-state index in [2.05, 4.69) is 24.4 Å². The highest BCUT2D eigenvalue weighted by atomic mass is 35.5. The molecule has 1 aromatic carbocycles. The molecular weight excluding hydrogens is 295 g/mol. The van der Waals surface area contributed by atoms with Crippen LogP contribution in [-0.2, 0) is 4.79 Å². The summed E-state index contributed by atoms with van der Waals surface area (Å²) in [5.74, 6) is 0.0846. The van der Waals surface area contributed by atoms with Gasteiger partial charge in [-0.3, -0.25) is 4.79 Å². The number of hydrogen-bond donors (Lipinski definition) is 1. The number of rotatable bonds is 1. The molecule has 1 fully saturated rings. The molecule has 0 saturated heterocycles. The summed E-state index contributed by atoms with van der Waals surface area (Å²) in [6.07, 6.45) is 1.54. The fraction of sp³-hybridized carbons (Fsp3) is 0.467. The third-order valence-electron chi connectivity index (χ3n) is 4.04. The van der Waals surface area contributed by atoms with E-state index in [4.69, 9.17) is 23.2 Å². The van der Waals surface area contributed by atoms with Gasteiger partial charge in [0.1, 0.15) is 5.78 Å². The number of nitrogens with one attached hydrogen (secondary N) is 1. The van der Waals surface area contributed by atoms with Crippen LogP contribution in [0.25, 0.3) is 0 Å². The molecule has 1 aliphatic heterocycles. The average molecular weight is 311 g/mol. The fourth-order valence-electron chi connectivity index (χ4n) is 3.18. The van der Waals surface area contributed by atoms with Gasteiger partial charge in [0.25, 0.3) is 0 Å². The summed E-state index contributed by atoms with van der Waals surface area (Å²) in [5, 5.41) is 5.38. The lowest BCUT2D eigenvalue weighted by Gasteiger charge is -2.36. The van der Waals surface area contributed by atoms with E-state index in [1.165, 1.54) is 0 Å². The van der Waals surface area contributed by atoms with Gasteiger partial charge < -0.3 is 5.43 Å². The first-order chi connectivity index (χ1) is 9.37. The summed E-state index contributed by atoms with van der Waals surface area (Å²) in [7, 11) is 0. The van der Waals surface area contributed by atoms with Crippen LogP contribution in [0.4, 0.5) is 0 Å². The zero-order chi connectivity index (χ0) is 14.5. The Morgan fingerprint density at radius 1 is 1.30 bits per heavy atom. The van der Waals surface area contributed by atoms with E-state index in [-0.39, 0.29) is 23.2 Å². The van der Waals surface area contributed by atoms with Crippen LogP contribution < -0.4 is 5.43 Å². The van der Waals surface area contributed by atoms with Crippen molar-refractivity contribution < 1.29 is 4.79 Å². The number of carbonyl (C=O) groups is 1. The largest absolute Gasteiger partial charge is 0.306 e. The Bertz CT molecular complexity index is 610. The summed E-state index contributed by atoms with van der Waals surface area (Å²) < 4.78 is 0. The molecule has 0 spiro atoms. The molecule has 20 heavy (non-hydrogen) atoms. The minimum atomic E-state index is -0.166. The first-order valence-corrected chi connectivity index (χ1v) is 7.44. The number of benzene rings is 1. The second-order valence-corrected chi connectivity index (χ2v) is 7.17. The summed E-state index contributed by atoms with van der Waals surface area (Å²) in [6, 6.07) is 5.48. The number of fused-ring (bicyclic) bond motifs is 1. The van der Waals surface area contributed by atoms with E-state index < -0.39 is 0 Å². The number of carbonyl (C=O) groups excluding carboxylic acids is 1. The van der Waals surface area contributed by atoms with E-state index >= 15 is 0 Å². The molecule has 3 nitrogen and oxygen atoms in total. The molecule has 1 N–H and O–H groups in total. The van der Waals surface area contributed by atoms with Crippen molar-refractivity contribution in [2.75, 3.05) is 0 Å². The zero-order valence-electron chi connectivity index (χ0n) is 11.4. The van der Waals surface area contributed by atoms with Crippen LogP contribution in [0.3, 0.4) is 0 Å². The van der Waals surface area contributed by atoms with Crippen molar-refractivity contribution in [1.29, 1.82) is 0 Å². The van der Waals surface area contributed by atoms with Crippen molar-refractivity contribution >= 4 is 34.7 Å². The smallest absolute Gasteiger partial charge is 0.144 e. The first-order valence-electron chi connectivity index (χ1n) is 6.69. The molecule has 2 atom stereocenters. The van der Waals surface area contributed by atoms with Crippen molar-refractivity contribution in [1.82, 2.24) is 5.43 Å². The molecule has 2 unspecified atom stereocenters. The van der Waals surface area contributed by atoms with Gasteiger partial charge >= 0.3 is 0 Å². The van der Waals surface area contributed by atoms with E-state index in [0.717, 1.165) is 17.7 Å². The number of hydrogen-bond acceptors (Lipinski definition) is 3. The lowest BCUT2D eigenvalue weighted by molar-refractivity contribution is -0.126. The molecule has 1 heterocycles. The lowest BCUT2D eigenvalue weighted by atomic mass is 9.68. The molecule has 3 rings (SSSR count). The molecular formula is C15H16Cl2N2O. The van der Waals surface area contributed by atoms with Crippen LogP contribution in [0.2, 0.25) is 10.0 Å². The van der Waals surface area contributed by atoms with E-state index in [9.17, 15) is 4.79 Å². The minimum absolute atomic E-state index is 0.0356.